The van der Waals surface area contributed by atoms with E-state index >= 15 is 0 Å². The highest BCUT2D eigenvalue weighted by Gasteiger charge is 2.07. The van der Waals surface area contributed by atoms with Crippen LogP contribution in [0.25, 0.3) is 6.08 Å². The zero-order valence-electron chi connectivity index (χ0n) is 7.48. The highest BCUT2D eigenvalue weighted by molar-refractivity contribution is 7.15. The van der Waals surface area contributed by atoms with Gasteiger partial charge in [-0.1, -0.05) is 0 Å². The Hall–Kier alpha value is -1.62. The van der Waals surface area contributed by atoms with Crippen LogP contribution in [0.4, 0.5) is 0 Å². The molecule has 3 N–H and O–H groups in total. The van der Waals surface area contributed by atoms with Crippen LogP contribution in [0.3, 0.4) is 0 Å². The molecule has 0 saturated heterocycles. The van der Waals surface area contributed by atoms with Crippen LogP contribution >= 0.6 is 11.3 Å². The minimum atomic E-state index is -1.02. The van der Waals surface area contributed by atoms with Crippen molar-refractivity contribution in [3.8, 4) is 0 Å². The summed E-state index contributed by atoms with van der Waals surface area (Å²) >= 11 is 1.18. The first-order valence-electron chi connectivity index (χ1n) is 3.82. The van der Waals surface area contributed by atoms with Crippen molar-refractivity contribution < 1.29 is 14.7 Å². The van der Waals surface area contributed by atoms with E-state index in [-0.39, 0.29) is 0 Å². The summed E-state index contributed by atoms with van der Waals surface area (Å²) in [5.41, 5.74) is 5.93. The molecular weight excluding hydrogens is 202 g/mol. The monoisotopic (exact) mass is 211 g/mol. The maximum Gasteiger partial charge on any atom is 0.328 e. The van der Waals surface area contributed by atoms with Gasteiger partial charge in [0.2, 0.25) is 0 Å². The van der Waals surface area contributed by atoms with Gasteiger partial charge in [0.05, 0.1) is 4.88 Å². The smallest absolute Gasteiger partial charge is 0.328 e. The molecule has 0 unspecified atom stereocenters. The molecule has 74 valence electrons. The molecule has 0 aliphatic rings. The summed E-state index contributed by atoms with van der Waals surface area (Å²) in [6.07, 6.45) is 2.48. The number of hydrogen-bond acceptors (Lipinski definition) is 3. The fraction of sp³-hybridized carbons (Fsp3) is 0.111. The molecule has 0 saturated carbocycles. The summed E-state index contributed by atoms with van der Waals surface area (Å²) in [6.45, 7) is 1.80. The molecular formula is C9H9NO3S. The lowest BCUT2D eigenvalue weighted by molar-refractivity contribution is -0.131. The molecule has 1 rings (SSSR count). The molecule has 14 heavy (non-hydrogen) atoms. The van der Waals surface area contributed by atoms with E-state index in [4.69, 9.17) is 10.8 Å². The van der Waals surface area contributed by atoms with Crippen LogP contribution in [0.5, 0.6) is 0 Å². The summed E-state index contributed by atoms with van der Waals surface area (Å²) in [7, 11) is 0. The van der Waals surface area contributed by atoms with E-state index in [0.29, 0.717) is 4.88 Å². The summed E-state index contributed by atoms with van der Waals surface area (Å²) in [5, 5.41) is 8.41. The van der Waals surface area contributed by atoms with Crippen molar-refractivity contribution in [2.24, 2.45) is 5.73 Å². The highest BCUT2D eigenvalue weighted by Crippen LogP contribution is 2.22. The first-order valence-corrected chi connectivity index (χ1v) is 4.63. The molecule has 1 amide bonds. The third-order valence-corrected chi connectivity index (χ3v) is 2.79. The summed E-state index contributed by atoms with van der Waals surface area (Å²) in [4.78, 5) is 22.2. The van der Waals surface area contributed by atoms with Crippen molar-refractivity contribution >= 4 is 29.3 Å². The number of nitrogens with two attached hydrogens (primary N) is 1. The predicted octanol–water partition coefficient (Wildman–Crippen LogP) is 1.25. The van der Waals surface area contributed by atoms with E-state index in [1.165, 1.54) is 17.4 Å². The lowest BCUT2D eigenvalue weighted by Crippen LogP contribution is -2.08. The highest BCUT2D eigenvalue weighted by atomic mass is 32.1. The van der Waals surface area contributed by atoms with Gasteiger partial charge < -0.3 is 10.8 Å². The van der Waals surface area contributed by atoms with Gasteiger partial charge >= 0.3 is 5.97 Å². The first kappa shape index (κ1) is 10.5. The van der Waals surface area contributed by atoms with Crippen LogP contribution in [-0.2, 0) is 4.79 Å². The number of aliphatic carboxylic acids is 1. The average molecular weight is 211 g/mol. The number of carboxylic acid groups (broad SMARTS) is 1. The molecule has 5 heteroatoms. The van der Waals surface area contributed by atoms with Crippen molar-refractivity contribution in [3.05, 3.63) is 27.5 Å². The van der Waals surface area contributed by atoms with Gasteiger partial charge in [-0.3, -0.25) is 4.79 Å². The van der Waals surface area contributed by atoms with Crippen molar-refractivity contribution in [1.82, 2.24) is 0 Å². The second-order valence-corrected chi connectivity index (χ2v) is 3.78. The van der Waals surface area contributed by atoms with Gasteiger partial charge in [-0.25, -0.2) is 4.79 Å². The van der Waals surface area contributed by atoms with Gasteiger partial charge in [-0.15, -0.1) is 11.3 Å². The molecule has 1 aromatic heterocycles. The van der Waals surface area contributed by atoms with E-state index in [1.807, 2.05) is 0 Å². The molecule has 0 atom stereocenters. The zero-order chi connectivity index (χ0) is 10.7. The van der Waals surface area contributed by atoms with Crippen molar-refractivity contribution in [2.45, 2.75) is 6.92 Å². The first-order chi connectivity index (χ1) is 6.50. The van der Waals surface area contributed by atoms with Crippen LogP contribution in [0.1, 0.15) is 20.1 Å². The van der Waals surface area contributed by atoms with E-state index in [2.05, 4.69) is 0 Å². The molecule has 0 aliphatic heterocycles. The van der Waals surface area contributed by atoms with E-state index in [1.54, 1.807) is 13.0 Å². The summed E-state index contributed by atoms with van der Waals surface area (Å²) in [6, 6.07) is 1.65. The summed E-state index contributed by atoms with van der Waals surface area (Å²) < 4.78 is 0. The van der Waals surface area contributed by atoms with Crippen LogP contribution < -0.4 is 5.73 Å². The third kappa shape index (κ3) is 2.43. The standard InChI is InChI=1S/C9H9NO3S/c1-5-4-7(9(10)13)14-6(5)2-3-8(11)12/h2-4H,1H3,(H2,10,13)(H,11,12). The molecule has 1 heterocycles. The van der Waals surface area contributed by atoms with Crippen molar-refractivity contribution in [2.75, 3.05) is 0 Å². The minimum absolute atomic E-state index is 0.438. The molecule has 0 bridgehead atoms. The van der Waals surface area contributed by atoms with Crippen LogP contribution in [0.15, 0.2) is 12.1 Å². The number of thiophene rings is 1. The van der Waals surface area contributed by atoms with E-state index in [9.17, 15) is 9.59 Å². The normalized spacial score (nSPS) is 10.6. The average Bonchev–Trinajstić information content (AvgIpc) is 2.43. The lowest BCUT2D eigenvalue weighted by Gasteiger charge is -1.86. The number of rotatable bonds is 3. The van der Waals surface area contributed by atoms with Gasteiger partial charge in [0.25, 0.3) is 5.91 Å². The van der Waals surface area contributed by atoms with Crippen molar-refractivity contribution in [1.29, 1.82) is 0 Å². The minimum Gasteiger partial charge on any atom is -0.478 e. The Kier molecular flexibility index (Phi) is 3.03. The number of hydrogen-bond donors (Lipinski definition) is 2. The number of carboxylic acids is 1. The molecule has 0 fully saturated rings. The number of carbonyl (C=O) groups is 2. The Morgan fingerprint density at radius 1 is 1.57 bits per heavy atom. The Morgan fingerprint density at radius 3 is 2.64 bits per heavy atom. The molecule has 0 aromatic carbocycles. The molecule has 0 radical (unpaired) electrons. The van der Waals surface area contributed by atoms with E-state index in [0.717, 1.165) is 16.5 Å². The molecule has 4 nitrogen and oxygen atoms in total. The number of amides is 1. The fourth-order valence-corrected chi connectivity index (χ4v) is 1.86. The maximum atomic E-state index is 10.8. The van der Waals surface area contributed by atoms with Crippen LogP contribution in [-0.4, -0.2) is 17.0 Å². The summed E-state index contributed by atoms with van der Waals surface area (Å²) in [5.74, 6) is -1.51. The van der Waals surface area contributed by atoms with Crippen molar-refractivity contribution in [3.63, 3.8) is 0 Å². The molecule has 0 spiro atoms. The third-order valence-electron chi connectivity index (χ3n) is 1.58. The molecule has 0 aliphatic carbocycles. The second-order valence-electron chi connectivity index (χ2n) is 2.69. The van der Waals surface area contributed by atoms with E-state index < -0.39 is 11.9 Å². The van der Waals surface area contributed by atoms with Crippen LogP contribution in [0, 0.1) is 6.92 Å². The number of primary amides is 1. The zero-order valence-corrected chi connectivity index (χ0v) is 8.30. The number of aryl methyl sites for hydroxylation is 1. The van der Waals surface area contributed by atoms with Gasteiger partial charge in [-0.05, 0) is 24.6 Å². The predicted molar refractivity (Wildman–Crippen MR) is 54.2 cm³/mol. The second kappa shape index (κ2) is 4.06. The van der Waals surface area contributed by atoms with Gasteiger partial charge in [0, 0.05) is 11.0 Å². The topological polar surface area (TPSA) is 80.4 Å². The Morgan fingerprint density at radius 2 is 2.21 bits per heavy atom. The Bertz CT molecular complexity index is 406. The quantitative estimate of drug-likeness (QED) is 0.738. The van der Waals surface area contributed by atoms with Gasteiger partial charge in [0.15, 0.2) is 0 Å². The Balaban J connectivity index is 2.99. The SMILES string of the molecule is Cc1cc(C(N)=O)sc1C=CC(=O)O. The van der Waals surface area contributed by atoms with Crippen LogP contribution in [0.2, 0.25) is 0 Å². The maximum absolute atomic E-state index is 10.8. The fourth-order valence-electron chi connectivity index (χ4n) is 0.930. The van der Waals surface area contributed by atoms with Gasteiger partial charge in [-0.2, -0.15) is 0 Å². The Labute approximate surface area is 84.7 Å². The van der Waals surface area contributed by atoms with Gasteiger partial charge in [0.1, 0.15) is 0 Å². The number of carbonyl (C=O) groups excluding carboxylic acids is 1. The largest absolute Gasteiger partial charge is 0.478 e. The molecule has 1 aromatic rings. The lowest BCUT2D eigenvalue weighted by atomic mass is 10.2.